The highest BCUT2D eigenvalue weighted by atomic mass is 35.5. The SMILES string of the molecule is C[C@@H]1C[C@@H](N(C)c2nc(OC[C@@H]3CCCN3C)nc3c2CCN(c2cccc4cccc(Cl)c24)C3)CN1.C[C@@H]1C[C@@H](N(C)c2nc(OC[C@@H]3CCCN3C)nc3c2CCN(c2cccc4cccc(Cl)c24)C3)CN1C(=O)/C=C/C(=O)O. The number of benzene rings is 4. The highest BCUT2D eigenvalue weighted by molar-refractivity contribution is 6.37. The molecule has 17 nitrogen and oxygen atoms in total. The van der Waals surface area contributed by atoms with E-state index in [2.05, 4.69) is 111 Å². The van der Waals surface area contributed by atoms with Crippen LogP contribution >= 0.6 is 23.2 Å². The number of hydrogen-bond acceptors (Lipinski definition) is 15. The number of aromatic nitrogens is 4. The normalized spacial score (nSPS) is 23.0. The van der Waals surface area contributed by atoms with Crippen molar-refractivity contribution in [1.82, 2.24) is 40.0 Å². The van der Waals surface area contributed by atoms with Crippen molar-refractivity contribution in [3.8, 4) is 12.0 Å². The fourth-order valence-corrected chi connectivity index (χ4v) is 13.6. The lowest BCUT2D eigenvalue weighted by Gasteiger charge is -2.35. The first kappa shape index (κ1) is 56.4. The minimum absolute atomic E-state index is 0.00916. The third-order valence-electron chi connectivity index (χ3n) is 17.8. The molecule has 2 aromatic heterocycles. The summed E-state index contributed by atoms with van der Waals surface area (Å²) in [5.74, 6) is 0.418. The third kappa shape index (κ3) is 12.2. The van der Waals surface area contributed by atoms with Crippen molar-refractivity contribution in [3.63, 3.8) is 0 Å². The van der Waals surface area contributed by atoms with Crippen molar-refractivity contribution in [1.29, 1.82) is 0 Å². The molecule has 4 fully saturated rings. The number of hydrogen-bond donors (Lipinski definition) is 2. The van der Waals surface area contributed by atoms with Crippen LogP contribution in [0.4, 0.5) is 23.0 Å². The standard InChI is InChI=1S/C33H39ClN6O4.C29H37ClN6O/c1-21-17-24(18-40(21)29(41)12-13-30(42)43)38(3)32-25-14-16-39(28-11-5-8-22-7-4-10-26(34)31(22)28)19-27(25)35-33(36-32)44-20-23-9-6-15-37(23)2;1-19-15-22(16-31-19)35(3)28-23-12-14-36(26-11-5-8-20-7-4-10-24(30)27(20)26)17-25(23)32-29(33-28)37-18-21-9-6-13-34(21)2/h4-5,7-8,10-13,21,23-24H,6,9,14-20H2,1-3H3,(H,42,43);4-5,7-8,10-11,19,21-22,31H,6,9,12-18H2,1-3H3/b13-12+;/t21-,23+,24-;19-,21+,22-/m11/s1. The molecule has 0 spiro atoms. The van der Waals surface area contributed by atoms with Gasteiger partial charge in [0.25, 0.3) is 0 Å². The smallest absolute Gasteiger partial charge is 0.328 e. The molecule has 0 radical (unpaired) electrons. The number of likely N-dealkylation sites (N-methyl/N-ethyl adjacent to an activating group) is 4. The molecule has 6 atom stereocenters. The summed E-state index contributed by atoms with van der Waals surface area (Å²) in [5, 5.41) is 18.5. The van der Waals surface area contributed by atoms with Gasteiger partial charge < -0.3 is 54.2 Å². The van der Waals surface area contributed by atoms with Gasteiger partial charge in [0, 0.05) is 122 Å². The Morgan fingerprint density at radius 2 is 1.17 bits per heavy atom. The number of halogens is 2. The van der Waals surface area contributed by atoms with Gasteiger partial charge in [-0.25, -0.2) is 4.79 Å². The number of carboxylic acid groups (broad SMARTS) is 1. The van der Waals surface area contributed by atoms with Crippen LogP contribution in [0.5, 0.6) is 12.0 Å². The molecule has 6 aromatic rings. The topological polar surface area (TPSA) is 159 Å². The summed E-state index contributed by atoms with van der Waals surface area (Å²) >= 11 is 13.4. The first-order valence-corrected chi connectivity index (χ1v) is 29.6. The summed E-state index contributed by atoms with van der Waals surface area (Å²) in [5.41, 5.74) is 6.55. The van der Waals surface area contributed by atoms with E-state index in [1.807, 2.05) is 38.2 Å². The van der Waals surface area contributed by atoms with Crippen LogP contribution in [-0.2, 0) is 35.5 Å². The maximum Gasteiger partial charge on any atom is 0.328 e. The summed E-state index contributed by atoms with van der Waals surface area (Å²) in [6, 6.07) is 27.3. The Labute approximate surface area is 485 Å². The van der Waals surface area contributed by atoms with Gasteiger partial charge >= 0.3 is 18.0 Å². The Kier molecular flexibility index (Phi) is 17.1. The van der Waals surface area contributed by atoms with E-state index >= 15 is 0 Å². The number of nitrogens with one attached hydrogen (secondary N) is 1. The number of likely N-dealkylation sites (tertiary alicyclic amines) is 3. The zero-order chi connectivity index (χ0) is 56.5. The quantitative estimate of drug-likeness (QED) is 0.0996. The molecule has 4 saturated heterocycles. The Balaban J connectivity index is 0.000000173. The van der Waals surface area contributed by atoms with Crippen molar-refractivity contribution >= 4 is 79.6 Å². The maximum absolute atomic E-state index is 12.8. The average molecular weight is 1140 g/mol. The molecule has 4 aromatic carbocycles. The zero-order valence-electron chi connectivity index (χ0n) is 47.5. The first-order chi connectivity index (χ1) is 39.2. The molecule has 2 N–H and O–H groups in total. The second-order valence-electron chi connectivity index (χ2n) is 23.1. The van der Waals surface area contributed by atoms with Gasteiger partial charge in [0.2, 0.25) is 5.91 Å². The number of ether oxygens (including phenoxy) is 2. The van der Waals surface area contributed by atoms with E-state index in [9.17, 15) is 9.59 Å². The van der Waals surface area contributed by atoms with Crippen molar-refractivity contribution in [3.05, 3.63) is 118 Å². The molecule has 12 rings (SSSR count). The van der Waals surface area contributed by atoms with Gasteiger partial charge in [0.05, 0.1) is 34.5 Å². The van der Waals surface area contributed by atoms with Crippen LogP contribution in [0.15, 0.2) is 84.9 Å². The molecule has 6 aliphatic heterocycles. The molecule has 0 bridgehead atoms. The van der Waals surface area contributed by atoms with Crippen molar-refractivity contribution in [2.24, 2.45) is 0 Å². The number of rotatable bonds is 14. The molecular weight excluding hydrogens is 1060 g/mol. The fraction of sp³-hybridized carbons (Fsp3) is 0.484. The molecule has 0 aliphatic carbocycles. The Morgan fingerprint density at radius 1 is 0.679 bits per heavy atom. The van der Waals surface area contributed by atoms with Gasteiger partial charge in [-0.05, 0) is 127 Å². The van der Waals surface area contributed by atoms with E-state index in [1.165, 1.54) is 12.0 Å². The van der Waals surface area contributed by atoms with Crippen LogP contribution in [-0.4, -0.2) is 169 Å². The summed E-state index contributed by atoms with van der Waals surface area (Å²) in [7, 11) is 8.50. The number of amides is 1. The number of carbonyl (C=O) groups is 2. The van der Waals surface area contributed by atoms with Gasteiger partial charge in [0.1, 0.15) is 24.8 Å². The Morgan fingerprint density at radius 3 is 1.63 bits per heavy atom. The monoisotopic (exact) mass is 1140 g/mol. The van der Waals surface area contributed by atoms with Gasteiger partial charge in [0.15, 0.2) is 0 Å². The molecule has 6 aliphatic rings. The molecule has 8 heterocycles. The van der Waals surface area contributed by atoms with E-state index in [0.717, 1.165) is 161 Å². The zero-order valence-corrected chi connectivity index (χ0v) is 49.0. The number of fused-ring (bicyclic) bond motifs is 4. The lowest BCUT2D eigenvalue weighted by molar-refractivity contribution is -0.132. The van der Waals surface area contributed by atoms with Crippen LogP contribution < -0.4 is 34.4 Å². The molecule has 428 valence electrons. The lowest BCUT2D eigenvalue weighted by Crippen LogP contribution is -2.39. The van der Waals surface area contributed by atoms with E-state index < -0.39 is 5.97 Å². The van der Waals surface area contributed by atoms with Gasteiger partial charge in [-0.15, -0.1) is 0 Å². The molecule has 81 heavy (non-hydrogen) atoms. The largest absolute Gasteiger partial charge is 0.478 e. The lowest BCUT2D eigenvalue weighted by atomic mass is 10.0. The van der Waals surface area contributed by atoms with E-state index in [-0.39, 0.29) is 18.0 Å². The van der Waals surface area contributed by atoms with Crippen LogP contribution in [0.3, 0.4) is 0 Å². The van der Waals surface area contributed by atoms with E-state index in [1.54, 1.807) is 4.90 Å². The summed E-state index contributed by atoms with van der Waals surface area (Å²) in [6.45, 7) is 12.0. The van der Waals surface area contributed by atoms with E-state index in [4.69, 9.17) is 57.7 Å². The third-order valence-corrected chi connectivity index (χ3v) is 18.5. The predicted octanol–water partition coefficient (Wildman–Crippen LogP) is 8.89. The number of nitrogens with zero attached hydrogens (tertiary/aromatic N) is 11. The molecule has 19 heteroatoms. The Hall–Kier alpha value is -6.50. The van der Waals surface area contributed by atoms with Crippen LogP contribution in [0.1, 0.15) is 74.9 Å². The highest BCUT2D eigenvalue weighted by Crippen LogP contribution is 2.40. The van der Waals surface area contributed by atoms with Gasteiger partial charge in [-0.3, -0.25) is 4.79 Å². The van der Waals surface area contributed by atoms with Crippen molar-refractivity contribution in [2.75, 3.05) is 100 Å². The van der Waals surface area contributed by atoms with Crippen LogP contribution in [0.2, 0.25) is 10.0 Å². The van der Waals surface area contributed by atoms with Gasteiger partial charge in [-0.2, -0.15) is 19.9 Å². The summed E-state index contributed by atoms with van der Waals surface area (Å²) in [4.78, 5) is 59.4. The number of anilines is 4. The second-order valence-corrected chi connectivity index (χ2v) is 23.9. The molecular formula is C62H76Cl2N12O5. The Bertz CT molecular complexity index is 3300. The fourth-order valence-electron chi connectivity index (χ4n) is 13.1. The van der Waals surface area contributed by atoms with Gasteiger partial charge in [-0.1, -0.05) is 71.7 Å². The second kappa shape index (κ2) is 24.5. The molecule has 0 unspecified atom stereocenters. The van der Waals surface area contributed by atoms with E-state index in [0.29, 0.717) is 69.0 Å². The molecule has 1 amide bonds. The van der Waals surface area contributed by atoms with Crippen LogP contribution in [0.25, 0.3) is 21.5 Å². The minimum atomic E-state index is -1.14. The molecule has 0 saturated carbocycles. The maximum atomic E-state index is 12.8. The first-order valence-electron chi connectivity index (χ1n) is 28.9. The predicted molar refractivity (Wildman–Crippen MR) is 323 cm³/mol. The van der Waals surface area contributed by atoms with Crippen molar-refractivity contribution < 1.29 is 24.2 Å². The number of carbonyl (C=O) groups excluding carboxylic acids is 1. The van der Waals surface area contributed by atoms with Crippen LogP contribution in [0, 0.1) is 0 Å². The highest BCUT2D eigenvalue weighted by Gasteiger charge is 2.37. The number of aliphatic carboxylic acids is 1. The van der Waals surface area contributed by atoms with Crippen molar-refractivity contribution in [2.45, 2.75) is 115 Å². The summed E-state index contributed by atoms with van der Waals surface area (Å²) in [6.07, 6.45) is 10.1. The average Bonchev–Trinajstić information content (AvgIpc) is 4.47. The number of carboxylic acids is 1. The minimum Gasteiger partial charge on any atom is -0.478 e. The summed E-state index contributed by atoms with van der Waals surface area (Å²) < 4.78 is 12.6.